The molecule has 0 aliphatic heterocycles. The number of aromatic nitrogens is 4. The molecule has 0 saturated heterocycles. The highest BCUT2D eigenvalue weighted by Crippen LogP contribution is 2.40. The predicted molar refractivity (Wildman–Crippen MR) is 138 cm³/mol. The summed E-state index contributed by atoms with van der Waals surface area (Å²) in [4.78, 5) is 30.4. The number of ether oxygens (including phenoxy) is 1. The number of nitrogens with one attached hydrogen (secondary N) is 1. The number of ketones is 1. The first-order chi connectivity index (χ1) is 17.0. The lowest BCUT2D eigenvalue weighted by Gasteiger charge is -2.10. The molecule has 0 radical (unpaired) electrons. The molecule has 2 aromatic carbocycles. The SMILES string of the molecule is COc1ccc(NC(=O)CSc2nnc3nc4sc(C(C)=O)c(N)c4c(-c4ccccc4)n23)cc1. The number of nitrogens with two attached hydrogens (primary N) is 1. The maximum absolute atomic E-state index is 12.6. The lowest BCUT2D eigenvalue weighted by atomic mass is 10.1. The molecule has 0 aliphatic rings. The van der Waals surface area contributed by atoms with E-state index in [1.165, 1.54) is 30.0 Å². The third-order valence-electron chi connectivity index (χ3n) is 5.28. The van der Waals surface area contributed by atoms with Crippen LogP contribution in [0.25, 0.3) is 27.3 Å². The van der Waals surface area contributed by atoms with E-state index >= 15 is 0 Å². The summed E-state index contributed by atoms with van der Waals surface area (Å²) in [5, 5.41) is 12.5. The third kappa shape index (κ3) is 4.31. The molecule has 3 N–H and O–H groups in total. The van der Waals surface area contributed by atoms with Gasteiger partial charge in [0, 0.05) is 12.6 Å². The van der Waals surface area contributed by atoms with Gasteiger partial charge in [-0.1, -0.05) is 42.1 Å². The van der Waals surface area contributed by atoms with Crippen molar-refractivity contribution in [2.75, 3.05) is 23.9 Å². The Morgan fingerprint density at radius 3 is 2.54 bits per heavy atom. The first kappa shape index (κ1) is 22.8. The van der Waals surface area contributed by atoms with Gasteiger partial charge in [-0.25, -0.2) is 0 Å². The van der Waals surface area contributed by atoms with Crippen molar-refractivity contribution >= 4 is 62.2 Å². The fourth-order valence-corrected chi connectivity index (χ4v) is 5.42. The van der Waals surface area contributed by atoms with E-state index in [1.54, 1.807) is 35.8 Å². The van der Waals surface area contributed by atoms with Gasteiger partial charge in [-0.3, -0.25) is 14.0 Å². The van der Waals surface area contributed by atoms with Crippen LogP contribution in [0.15, 0.2) is 59.8 Å². The zero-order chi connectivity index (χ0) is 24.5. The second-order valence-electron chi connectivity index (χ2n) is 7.59. The van der Waals surface area contributed by atoms with E-state index < -0.39 is 0 Å². The molecule has 0 bridgehead atoms. The number of carbonyl (C=O) groups is 2. The summed E-state index contributed by atoms with van der Waals surface area (Å²) in [6.45, 7) is 1.48. The zero-order valence-electron chi connectivity index (χ0n) is 18.8. The topological polar surface area (TPSA) is 124 Å². The Bertz CT molecular complexity index is 1560. The molecule has 0 saturated carbocycles. The fourth-order valence-electron chi connectivity index (χ4n) is 3.70. The first-order valence-corrected chi connectivity index (χ1v) is 12.4. The molecule has 11 heteroatoms. The zero-order valence-corrected chi connectivity index (χ0v) is 20.4. The van der Waals surface area contributed by atoms with Crippen LogP contribution in [0.4, 0.5) is 11.4 Å². The van der Waals surface area contributed by atoms with Crippen molar-refractivity contribution in [3.63, 3.8) is 0 Å². The molecular weight excluding hydrogens is 484 g/mol. The number of thiophene rings is 1. The van der Waals surface area contributed by atoms with Crippen LogP contribution in [0.5, 0.6) is 5.75 Å². The molecule has 176 valence electrons. The van der Waals surface area contributed by atoms with Crippen LogP contribution in [0, 0.1) is 0 Å². The van der Waals surface area contributed by atoms with Crippen molar-refractivity contribution in [1.29, 1.82) is 0 Å². The molecule has 3 heterocycles. The number of amides is 1. The van der Waals surface area contributed by atoms with E-state index in [9.17, 15) is 9.59 Å². The molecule has 9 nitrogen and oxygen atoms in total. The van der Waals surface area contributed by atoms with Crippen molar-refractivity contribution in [2.45, 2.75) is 12.1 Å². The Balaban J connectivity index is 1.53. The van der Waals surface area contributed by atoms with E-state index in [0.717, 1.165) is 11.3 Å². The monoisotopic (exact) mass is 504 g/mol. The molecule has 3 aromatic heterocycles. The number of fused-ring (bicyclic) bond motifs is 2. The molecule has 0 spiro atoms. The summed E-state index contributed by atoms with van der Waals surface area (Å²) in [6.07, 6.45) is 0. The van der Waals surface area contributed by atoms with Crippen molar-refractivity contribution in [1.82, 2.24) is 19.6 Å². The number of nitrogen functional groups attached to an aromatic ring is 1. The number of anilines is 2. The van der Waals surface area contributed by atoms with Crippen LogP contribution < -0.4 is 15.8 Å². The number of Topliss-reactive ketones (excluding diaryl/α,β-unsaturated/α-hetero) is 1. The minimum atomic E-state index is -0.193. The molecule has 5 aromatic rings. The van der Waals surface area contributed by atoms with E-state index in [0.29, 0.717) is 43.2 Å². The van der Waals surface area contributed by atoms with E-state index in [1.807, 2.05) is 30.3 Å². The van der Waals surface area contributed by atoms with Crippen LogP contribution >= 0.6 is 23.1 Å². The Labute approximate surface area is 208 Å². The molecule has 0 aliphatic carbocycles. The van der Waals surface area contributed by atoms with Crippen molar-refractivity contribution in [3.05, 3.63) is 59.5 Å². The summed E-state index contributed by atoms with van der Waals surface area (Å²) in [6, 6.07) is 16.7. The summed E-state index contributed by atoms with van der Waals surface area (Å²) in [5.74, 6) is 0.869. The summed E-state index contributed by atoms with van der Waals surface area (Å²) in [5.41, 5.74) is 9.08. The van der Waals surface area contributed by atoms with Gasteiger partial charge < -0.3 is 15.8 Å². The van der Waals surface area contributed by atoms with Crippen molar-refractivity contribution in [2.24, 2.45) is 0 Å². The van der Waals surface area contributed by atoms with Crippen molar-refractivity contribution in [3.8, 4) is 17.0 Å². The lowest BCUT2D eigenvalue weighted by molar-refractivity contribution is -0.113. The van der Waals surface area contributed by atoms with E-state index in [4.69, 9.17) is 10.5 Å². The Morgan fingerprint density at radius 1 is 1.11 bits per heavy atom. The maximum atomic E-state index is 12.6. The molecule has 5 rings (SSSR count). The molecule has 0 fully saturated rings. The number of hydrogen-bond donors (Lipinski definition) is 2. The van der Waals surface area contributed by atoms with Gasteiger partial charge in [-0.2, -0.15) is 4.98 Å². The van der Waals surface area contributed by atoms with Crippen LogP contribution in [0.1, 0.15) is 16.6 Å². The number of hydrogen-bond acceptors (Lipinski definition) is 9. The Morgan fingerprint density at radius 2 is 1.86 bits per heavy atom. The molecule has 1 amide bonds. The van der Waals surface area contributed by atoms with Crippen LogP contribution in [-0.2, 0) is 4.79 Å². The van der Waals surface area contributed by atoms with Gasteiger partial charge in [0.2, 0.25) is 5.91 Å². The summed E-state index contributed by atoms with van der Waals surface area (Å²) in [7, 11) is 1.59. The second kappa shape index (κ2) is 9.35. The summed E-state index contributed by atoms with van der Waals surface area (Å²) < 4.78 is 6.93. The Kier molecular flexibility index (Phi) is 6.10. The van der Waals surface area contributed by atoms with Crippen LogP contribution in [0.2, 0.25) is 0 Å². The number of methoxy groups -OCH3 is 1. The quantitative estimate of drug-likeness (QED) is 0.245. The number of carbonyl (C=O) groups excluding carboxylic acids is 2. The average Bonchev–Trinajstić information content (AvgIpc) is 3.43. The number of rotatable bonds is 7. The fraction of sp³-hybridized carbons (Fsp3) is 0.125. The van der Waals surface area contributed by atoms with Crippen molar-refractivity contribution < 1.29 is 14.3 Å². The van der Waals surface area contributed by atoms with Gasteiger partial charge in [0.1, 0.15) is 10.6 Å². The largest absolute Gasteiger partial charge is 0.497 e. The van der Waals surface area contributed by atoms with Gasteiger partial charge in [0.15, 0.2) is 10.9 Å². The molecule has 0 unspecified atom stereocenters. The minimum Gasteiger partial charge on any atom is -0.497 e. The second-order valence-corrected chi connectivity index (χ2v) is 9.53. The maximum Gasteiger partial charge on any atom is 0.257 e. The molecular formula is C24H20N6O3S2. The summed E-state index contributed by atoms with van der Waals surface area (Å²) >= 11 is 2.48. The normalized spacial score (nSPS) is 11.1. The van der Waals surface area contributed by atoms with Gasteiger partial charge in [0.25, 0.3) is 5.78 Å². The minimum absolute atomic E-state index is 0.108. The first-order valence-electron chi connectivity index (χ1n) is 10.6. The van der Waals surface area contributed by atoms with Gasteiger partial charge in [-0.05, 0) is 29.8 Å². The molecule has 35 heavy (non-hydrogen) atoms. The predicted octanol–water partition coefficient (Wildman–Crippen LogP) is 4.53. The smallest absolute Gasteiger partial charge is 0.257 e. The standard InChI is InChI=1S/C24H20N6O3S2/c1-13(31)21-19(25)18-20(14-6-4-3-5-7-14)30-23(27-22(18)35-21)28-29-24(30)34-12-17(32)26-15-8-10-16(33-2)11-9-15/h3-11H,12,25H2,1-2H3,(H,26,32). The highest BCUT2D eigenvalue weighted by atomic mass is 32.2. The Hall–Kier alpha value is -3.96. The number of benzene rings is 2. The molecule has 0 atom stereocenters. The highest BCUT2D eigenvalue weighted by molar-refractivity contribution is 7.99. The number of thioether (sulfide) groups is 1. The lowest BCUT2D eigenvalue weighted by Crippen LogP contribution is -2.14. The van der Waals surface area contributed by atoms with Crippen LogP contribution in [-0.4, -0.2) is 44.1 Å². The highest BCUT2D eigenvalue weighted by Gasteiger charge is 2.23. The average molecular weight is 505 g/mol. The van der Waals surface area contributed by atoms with E-state index in [-0.39, 0.29) is 17.4 Å². The third-order valence-corrected chi connectivity index (χ3v) is 7.41. The van der Waals surface area contributed by atoms with Gasteiger partial charge in [0.05, 0.1) is 34.5 Å². The van der Waals surface area contributed by atoms with E-state index in [2.05, 4.69) is 20.5 Å². The van der Waals surface area contributed by atoms with Gasteiger partial charge >= 0.3 is 0 Å². The number of nitrogens with zero attached hydrogens (tertiary/aromatic N) is 4. The van der Waals surface area contributed by atoms with Crippen LogP contribution in [0.3, 0.4) is 0 Å². The van der Waals surface area contributed by atoms with Gasteiger partial charge in [-0.15, -0.1) is 21.5 Å².